The SMILES string of the molecule is CNC(=O)COc1cc2cc(Nc3cc(N4CCN(C(C)(C)C5CCN(c6ccc7c(c6)C(=O)N(C6CCC(=O)NC6=O)C7=O)CC5)CC4)ncc3Cl)ccc2n(C(C)C)c1=O. The van der Waals surface area contributed by atoms with Crippen LogP contribution in [0.1, 0.15) is 80.1 Å². The Morgan fingerprint density at radius 2 is 1.63 bits per heavy atom. The fraction of sp³-hybridized carbons (Fsp3) is 0.444. The van der Waals surface area contributed by atoms with Gasteiger partial charge in [0.25, 0.3) is 23.3 Å². The summed E-state index contributed by atoms with van der Waals surface area (Å²) in [5, 5.41) is 9.44. The van der Waals surface area contributed by atoms with Crippen molar-refractivity contribution in [3.8, 4) is 5.75 Å². The Hall–Kier alpha value is -6.00. The number of fused-ring (bicyclic) bond motifs is 2. The van der Waals surface area contributed by atoms with E-state index in [0.717, 1.165) is 85.1 Å². The first-order valence-corrected chi connectivity index (χ1v) is 21.6. The third-order valence-electron chi connectivity index (χ3n) is 13.0. The van der Waals surface area contributed by atoms with Crippen LogP contribution in [0.5, 0.6) is 5.75 Å². The largest absolute Gasteiger partial charge is 0.478 e. The summed E-state index contributed by atoms with van der Waals surface area (Å²) in [6, 6.07) is 13.6. The smallest absolute Gasteiger partial charge is 0.293 e. The van der Waals surface area contributed by atoms with Gasteiger partial charge in [-0.1, -0.05) is 11.6 Å². The molecule has 8 rings (SSSR count). The summed E-state index contributed by atoms with van der Waals surface area (Å²) in [7, 11) is 1.51. The van der Waals surface area contributed by atoms with Gasteiger partial charge in [0.2, 0.25) is 11.8 Å². The lowest BCUT2D eigenvalue weighted by Crippen LogP contribution is -2.59. The number of likely N-dealkylation sites (N-methyl/N-ethyl adjacent to an activating group) is 1. The van der Waals surface area contributed by atoms with Crippen molar-refractivity contribution in [2.24, 2.45) is 5.92 Å². The van der Waals surface area contributed by atoms with Gasteiger partial charge in [-0.2, -0.15) is 0 Å². The molecule has 6 heterocycles. The zero-order valence-corrected chi connectivity index (χ0v) is 36.4. The number of imide groups is 2. The highest BCUT2D eigenvalue weighted by atomic mass is 35.5. The summed E-state index contributed by atoms with van der Waals surface area (Å²) in [6.07, 6.45) is 3.79. The molecule has 0 radical (unpaired) electrons. The van der Waals surface area contributed by atoms with Crippen molar-refractivity contribution in [3.63, 3.8) is 0 Å². The molecule has 3 N–H and O–H groups in total. The quantitative estimate of drug-likeness (QED) is 0.177. The molecule has 3 fully saturated rings. The molecule has 4 aliphatic rings. The molecule has 0 saturated carbocycles. The summed E-state index contributed by atoms with van der Waals surface area (Å²) < 4.78 is 7.29. The molecule has 16 nitrogen and oxygen atoms in total. The number of pyridine rings is 2. The van der Waals surface area contributed by atoms with Crippen LogP contribution in [0.25, 0.3) is 10.9 Å². The number of anilines is 4. The maximum atomic E-state index is 13.4. The van der Waals surface area contributed by atoms with Crippen LogP contribution in [0.4, 0.5) is 22.9 Å². The minimum absolute atomic E-state index is 0.0644. The van der Waals surface area contributed by atoms with Crippen LogP contribution >= 0.6 is 11.6 Å². The van der Waals surface area contributed by atoms with Crippen molar-refractivity contribution in [1.29, 1.82) is 0 Å². The van der Waals surface area contributed by atoms with Crippen molar-refractivity contribution in [1.82, 2.24) is 30.0 Å². The number of halogens is 1. The number of nitrogens with zero attached hydrogens (tertiary/aromatic N) is 6. The van der Waals surface area contributed by atoms with E-state index in [-0.39, 0.29) is 53.8 Å². The van der Waals surface area contributed by atoms with Crippen molar-refractivity contribution in [2.75, 3.05) is 68.0 Å². The van der Waals surface area contributed by atoms with E-state index in [2.05, 4.69) is 44.5 Å². The fourth-order valence-corrected chi connectivity index (χ4v) is 9.50. The van der Waals surface area contributed by atoms with E-state index in [1.165, 1.54) is 7.05 Å². The number of hydrogen-bond acceptors (Lipinski definition) is 12. The molecule has 62 heavy (non-hydrogen) atoms. The molecule has 0 bridgehead atoms. The Morgan fingerprint density at radius 3 is 2.32 bits per heavy atom. The number of aromatic nitrogens is 2. The minimum Gasteiger partial charge on any atom is -0.478 e. The number of hydrogen-bond donors (Lipinski definition) is 3. The van der Waals surface area contributed by atoms with Crippen molar-refractivity contribution >= 4 is 74.9 Å². The standard InChI is InChI=1S/C45H52ClN9O7/c1-26(2)54-35-9-6-29(20-27(35)21-37(44(54)61)62-25-40(57)47-5)49-34-23-38(48-24-33(34)46)52-16-18-53(19-17-52)45(3,4)28-12-14-51(15-13-28)30-7-8-31-32(22-30)43(60)55(42(31)59)36-10-11-39(56)50-41(36)58/h6-9,20-24,26,28,36H,10-19,25H2,1-5H3,(H,47,57)(H,48,49)(H,50,56,58). The molecule has 2 aromatic heterocycles. The van der Waals surface area contributed by atoms with Gasteiger partial charge in [0, 0.05) is 87.1 Å². The lowest BCUT2D eigenvalue weighted by atomic mass is 9.78. The molecule has 0 spiro atoms. The molecular weight excluding hydrogens is 814 g/mol. The van der Waals surface area contributed by atoms with Gasteiger partial charge in [-0.3, -0.25) is 43.9 Å². The summed E-state index contributed by atoms with van der Waals surface area (Å²) in [6.45, 7) is 13.1. The molecule has 2 aromatic carbocycles. The second-order valence-corrected chi connectivity index (χ2v) is 17.6. The van der Waals surface area contributed by atoms with E-state index < -0.39 is 29.7 Å². The predicted molar refractivity (Wildman–Crippen MR) is 237 cm³/mol. The lowest BCUT2D eigenvalue weighted by molar-refractivity contribution is -0.136. The first-order chi connectivity index (χ1) is 29.6. The number of ether oxygens (including phenoxy) is 1. The van der Waals surface area contributed by atoms with Crippen molar-refractivity contribution in [3.05, 3.63) is 81.2 Å². The van der Waals surface area contributed by atoms with Gasteiger partial charge in [-0.25, -0.2) is 4.98 Å². The lowest BCUT2D eigenvalue weighted by Gasteiger charge is -2.50. The monoisotopic (exact) mass is 865 g/mol. The molecule has 4 aliphatic heterocycles. The van der Waals surface area contributed by atoms with Crippen LogP contribution in [0, 0.1) is 5.92 Å². The Labute approximate surface area is 364 Å². The molecule has 0 aliphatic carbocycles. The average Bonchev–Trinajstić information content (AvgIpc) is 3.51. The van der Waals surface area contributed by atoms with Crippen LogP contribution in [0.2, 0.25) is 5.02 Å². The van der Waals surface area contributed by atoms with Crippen LogP contribution < -0.4 is 36.0 Å². The molecule has 3 saturated heterocycles. The van der Waals surface area contributed by atoms with E-state index in [1.54, 1.807) is 29.0 Å². The number of piperidine rings is 2. The Balaban J connectivity index is 0.887. The zero-order valence-electron chi connectivity index (χ0n) is 35.6. The van der Waals surface area contributed by atoms with Crippen LogP contribution in [0.3, 0.4) is 0 Å². The Morgan fingerprint density at radius 1 is 0.903 bits per heavy atom. The first kappa shape index (κ1) is 42.7. The minimum atomic E-state index is -0.989. The Bertz CT molecular complexity index is 2520. The second kappa shape index (κ2) is 17.0. The normalized spacial score (nSPS) is 19.0. The van der Waals surface area contributed by atoms with Gasteiger partial charge in [0.1, 0.15) is 11.9 Å². The molecule has 1 unspecified atom stereocenters. The van der Waals surface area contributed by atoms with Crippen molar-refractivity contribution < 1.29 is 28.7 Å². The summed E-state index contributed by atoms with van der Waals surface area (Å²) >= 11 is 6.69. The average molecular weight is 866 g/mol. The number of carbonyl (C=O) groups excluding carboxylic acids is 5. The highest BCUT2D eigenvalue weighted by Gasteiger charge is 2.45. The third-order valence-corrected chi connectivity index (χ3v) is 13.3. The van der Waals surface area contributed by atoms with Gasteiger partial charge >= 0.3 is 0 Å². The summed E-state index contributed by atoms with van der Waals surface area (Å²) in [5.74, 6) is -0.994. The molecule has 17 heteroatoms. The first-order valence-electron chi connectivity index (χ1n) is 21.2. The Kier molecular flexibility index (Phi) is 11.7. The second-order valence-electron chi connectivity index (χ2n) is 17.2. The van der Waals surface area contributed by atoms with Gasteiger partial charge in [0.05, 0.1) is 33.6 Å². The highest BCUT2D eigenvalue weighted by Crippen LogP contribution is 2.38. The molecular formula is C45H52ClN9O7. The topological polar surface area (TPSA) is 179 Å². The zero-order chi connectivity index (χ0) is 44.0. The molecule has 326 valence electrons. The summed E-state index contributed by atoms with van der Waals surface area (Å²) in [5.41, 5.74) is 3.29. The number of nitrogens with one attached hydrogen (secondary N) is 3. The molecule has 4 aromatic rings. The third kappa shape index (κ3) is 8.08. The van der Waals surface area contributed by atoms with Crippen LogP contribution in [0.15, 0.2) is 59.5 Å². The van der Waals surface area contributed by atoms with Gasteiger partial charge in [-0.05, 0) is 95.3 Å². The number of rotatable bonds is 11. The van der Waals surface area contributed by atoms with Crippen LogP contribution in [-0.4, -0.2) is 113 Å². The highest BCUT2D eigenvalue weighted by molar-refractivity contribution is 6.33. The predicted octanol–water partition coefficient (Wildman–Crippen LogP) is 4.72. The maximum absolute atomic E-state index is 13.4. The van der Waals surface area contributed by atoms with E-state index in [0.29, 0.717) is 22.2 Å². The van der Waals surface area contributed by atoms with E-state index in [4.69, 9.17) is 21.3 Å². The van der Waals surface area contributed by atoms with E-state index in [1.807, 2.05) is 44.2 Å². The van der Waals surface area contributed by atoms with E-state index >= 15 is 0 Å². The summed E-state index contributed by atoms with van der Waals surface area (Å²) in [4.78, 5) is 88.8. The number of piperazine rings is 1. The van der Waals surface area contributed by atoms with Crippen LogP contribution in [-0.2, 0) is 14.4 Å². The maximum Gasteiger partial charge on any atom is 0.293 e. The molecule has 1 atom stereocenters. The van der Waals surface area contributed by atoms with Gasteiger partial charge in [-0.15, -0.1) is 0 Å². The van der Waals surface area contributed by atoms with Gasteiger partial charge < -0.3 is 29.7 Å². The number of carbonyl (C=O) groups is 5. The fourth-order valence-electron chi connectivity index (χ4n) is 9.35. The van der Waals surface area contributed by atoms with Gasteiger partial charge in [0.15, 0.2) is 12.4 Å². The molecule has 5 amide bonds. The number of amides is 5. The van der Waals surface area contributed by atoms with Crippen molar-refractivity contribution in [2.45, 2.75) is 71.0 Å². The number of benzene rings is 2. The van der Waals surface area contributed by atoms with E-state index in [9.17, 15) is 28.8 Å².